The summed E-state index contributed by atoms with van der Waals surface area (Å²) in [6.45, 7) is 2.11. The number of nitro groups is 1. The lowest BCUT2D eigenvalue weighted by molar-refractivity contribution is -0.384. The molecule has 0 radical (unpaired) electrons. The minimum atomic E-state index is -3.49. The van der Waals surface area contributed by atoms with Crippen LogP contribution in [-0.4, -0.2) is 33.0 Å². The van der Waals surface area contributed by atoms with E-state index in [9.17, 15) is 18.5 Å². The van der Waals surface area contributed by atoms with Crippen LogP contribution in [0.3, 0.4) is 0 Å². The van der Waals surface area contributed by atoms with E-state index >= 15 is 0 Å². The van der Waals surface area contributed by atoms with E-state index in [4.69, 9.17) is 0 Å². The van der Waals surface area contributed by atoms with E-state index in [-0.39, 0.29) is 36.4 Å². The van der Waals surface area contributed by atoms with E-state index in [1.54, 1.807) is 13.1 Å². The third-order valence-electron chi connectivity index (χ3n) is 2.58. The van der Waals surface area contributed by atoms with Gasteiger partial charge >= 0.3 is 0 Å². The average molecular weight is 324 g/mol. The summed E-state index contributed by atoms with van der Waals surface area (Å²) < 4.78 is 26.0. The summed E-state index contributed by atoms with van der Waals surface area (Å²) in [5.41, 5.74) is 0.273. The zero-order valence-electron chi connectivity index (χ0n) is 11.2. The van der Waals surface area contributed by atoms with Crippen LogP contribution in [0.5, 0.6) is 0 Å². The number of hydrogen-bond acceptors (Lipinski definition) is 5. The molecule has 1 aromatic rings. The molecule has 2 N–H and O–H groups in total. The highest BCUT2D eigenvalue weighted by molar-refractivity contribution is 7.88. The largest absolute Gasteiger partial charge is 0.316 e. The third kappa shape index (κ3) is 6.29. The van der Waals surface area contributed by atoms with Crippen molar-refractivity contribution in [3.63, 3.8) is 0 Å². The Morgan fingerprint density at radius 3 is 2.60 bits per heavy atom. The predicted octanol–water partition coefficient (Wildman–Crippen LogP) is 1.04. The molecule has 0 aliphatic carbocycles. The van der Waals surface area contributed by atoms with Crippen LogP contribution in [0.4, 0.5) is 5.69 Å². The molecule has 0 saturated heterocycles. The number of non-ortho nitro benzene ring substituents is 1. The topological polar surface area (TPSA) is 101 Å². The predicted molar refractivity (Wildman–Crippen MR) is 79.5 cm³/mol. The Balaban J connectivity index is 0.00000361. The van der Waals surface area contributed by atoms with Crippen LogP contribution in [0, 0.1) is 10.1 Å². The summed E-state index contributed by atoms with van der Waals surface area (Å²) in [5, 5.41) is 13.5. The summed E-state index contributed by atoms with van der Waals surface area (Å²) in [6.07, 6.45) is 0. The number of rotatable bonds is 7. The lowest BCUT2D eigenvalue weighted by atomic mass is 10.2. The fourth-order valence-electron chi connectivity index (χ4n) is 1.38. The van der Waals surface area contributed by atoms with Crippen LogP contribution in [0.1, 0.15) is 12.5 Å². The van der Waals surface area contributed by atoms with E-state index in [2.05, 4.69) is 10.0 Å². The third-order valence-corrected chi connectivity index (χ3v) is 3.90. The zero-order valence-corrected chi connectivity index (χ0v) is 12.8. The molecule has 0 bridgehead atoms. The molecule has 0 aliphatic heterocycles. The van der Waals surface area contributed by atoms with E-state index in [0.717, 1.165) is 0 Å². The molecule has 0 amide bonds. The van der Waals surface area contributed by atoms with Crippen LogP contribution in [0.2, 0.25) is 0 Å². The molecular formula is C11H18ClN3O4S. The minimum absolute atomic E-state index is 0. The number of nitrogens with one attached hydrogen (secondary N) is 2. The van der Waals surface area contributed by atoms with Crippen molar-refractivity contribution in [1.29, 1.82) is 0 Å². The molecule has 7 nitrogen and oxygen atoms in total. The Bertz CT molecular complexity index is 550. The van der Waals surface area contributed by atoms with Gasteiger partial charge in [0.05, 0.1) is 10.7 Å². The van der Waals surface area contributed by atoms with Crippen molar-refractivity contribution in [3.05, 3.63) is 39.9 Å². The SMILES string of the molecule is CNC(C)CNS(=O)(=O)Cc1cccc([N+](=O)[O-])c1.Cl. The van der Waals surface area contributed by atoms with Gasteiger partial charge in [0.25, 0.3) is 5.69 Å². The van der Waals surface area contributed by atoms with Crippen LogP contribution >= 0.6 is 12.4 Å². The van der Waals surface area contributed by atoms with Crippen molar-refractivity contribution < 1.29 is 13.3 Å². The van der Waals surface area contributed by atoms with Gasteiger partial charge < -0.3 is 5.32 Å². The zero-order chi connectivity index (χ0) is 14.5. The average Bonchev–Trinajstić information content (AvgIpc) is 2.35. The number of sulfonamides is 1. The maximum atomic E-state index is 11.8. The molecule has 20 heavy (non-hydrogen) atoms. The van der Waals surface area contributed by atoms with Crippen LogP contribution in [-0.2, 0) is 15.8 Å². The molecule has 1 unspecified atom stereocenters. The van der Waals surface area contributed by atoms with Gasteiger partial charge in [0.1, 0.15) is 0 Å². The van der Waals surface area contributed by atoms with E-state index in [0.29, 0.717) is 5.56 Å². The summed E-state index contributed by atoms with van der Waals surface area (Å²) >= 11 is 0. The monoisotopic (exact) mass is 323 g/mol. The lowest BCUT2D eigenvalue weighted by Crippen LogP contribution is -2.37. The van der Waals surface area contributed by atoms with Crippen molar-refractivity contribution >= 4 is 28.1 Å². The van der Waals surface area contributed by atoms with Gasteiger partial charge in [0.15, 0.2) is 0 Å². The Labute approximate surface area is 124 Å². The fourth-order valence-corrected chi connectivity index (χ4v) is 2.61. The summed E-state index contributed by atoms with van der Waals surface area (Å²) in [4.78, 5) is 10.1. The quantitative estimate of drug-likeness (QED) is 0.577. The van der Waals surface area contributed by atoms with Gasteiger partial charge in [-0.25, -0.2) is 13.1 Å². The normalized spacial score (nSPS) is 12.5. The molecule has 114 valence electrons. The van der Waals surface area contributed by atoms with Crippen LogP contribution in [0.15, 0.2) is 24.3 Å². The molecule has 0 fully saturated rings. The first kappa shape index (κ1) is 18.8. The maximum absolute atomic E-state index is 11.8. The highest BCUT2D eigenvalue weighted by atomic mass is 35.5. The molecule has 1 atom stereocenters. The van der Waals surface area contributed by atoms with E-state index in [1.165, 1.54) is 18.2 Å². The first-order chi connectivity index (χ1) is 8.84. The van der Waals surface area contributed by atoms with Gasteiger partial charge in [-0.1, -0.05) is 12.1 Å². The number of halogens is 1. The van der Waals surface area contributed by atoms with Crippen molar-refractivity contribution in [2.75, 3.05) is 13.6 Å². The molecular weight excluding hydrogens is 306 g/mol. The number of nitrogens with zero attached hydrogens (tertiary/aromatic N) is 1. The van der Waals surface area contributed by atoms with E-state index < -0.39 is 14.9 Å². The minimum Gasteiger partial charge on any atom is -0.316 e. The van der Waals surface area contributed by atoms with Gasteiger partial charge in [0, 0.05) is 24.7 Å². The second-order valence-electron chi connectivity index (χ2n) is 4.22. The van der Waals surface area contributed by atoms with Crippen molar-refractivity contribution in [2.45, 2.75) is 18.7 Å². The van der Waals surface area contributed by atoms with Crippen molar-refractivity contribution in [3.8, 4) is 0 Å². The van der Waals surface area contributed by atoms with Crippen LogP contribution in [0.25, 0.3) is 0 Å². The number of likely N-dealkylation sites (N-methyl/N-ethyl adjacent to an activating group) is 1. The Kier molecular flexibility index (Phi) is 7.66. The molecule has 0 aromatic heterocycles. The van der Waals surface area contributed by atoms with Gasteiger partial charge in [-0.3, -0.25) is 10.1 Å². The highest BCUT2D eigenvalue weighted by Crippen LogP contribution is 2.14. The maximum Gasteiger partial charge on any atom is 0.269 e. The van der Waals surface area contributed by atoms with Crippen molar-refractivity contribution in [2.24, 2.45) is 0 Å². The smallest absolute Gasteiger partial charge is 0.269 e. The first-order valence-electron chi connectivity index (χ1n) is 5.72. The molecule has 0 saturated carbocycles. The standard InChI is InChI=1S/C11H17N3O4S.ClH/c1-9(12-2)7-13-19(17,18)8-10-4-3-5-11(6-10)14(15)16;/h3-6,9,12-13H,7-8H2,1-2H3;1H. The van der Waals surface area contributed by atoms with E-state index in [1.807, 2.05) is 6.92 Å². The Morgan fingerprint density at radius 1 is 1.40 bits per heavy atom. The molecule has 0 heterocycles. The fraction of sp³-hybridized carbons (Fsp3) is 0.455. The summed E-state index contributed by atoms with van der Waals surface area (Å²) in [5.74, 6) is -0.273. The lowest BCUT2D eigenvalue weighted by Gasteiger charge is -2.11. The molecule has 1 rings (SSSR count). The molecule has 9 heteroatoms. The Hall–Kier alpha value is -1.22. The number of nitro benzene ring substituents is 1. The summed E-state index contributed by atoms with van der Waals surface area (Å²) in [7, 11) is -1.76. The molecule has 1 aromatic carbocycles. The number of benzene rings is 1. The Morgan fingerprint density at radius 2 is 2.05 bits per heavy atom. The molecule has 0 spiro atoms. The second kappa shape index (κ2) is 8.15. The number of hydrogen-bond donors (Lipinski definition) is 2. The van der Waals surface area contributed by atoms with Gasteiger partial charge in [-0.15, -0.1) is 12.4 Å². The van der Waals surface area contributed by atoms with Gasteiger partial charge in [-0.2, -0.15) is 0 Å². The highest BCUT2D eigenvalue weighted by Gasteiger charge is 2.14. The summed E-state index contributed by atoms with van der Waals surface area (Å²) in [6, 6.07) is 5.63. The van der Waals surface area contributed by atoms with Crippen molar-refractivity contribution in [1.82, 2.24) is 10.0 Å². The van der Waals surface area contributed by atoms with Gasteiger partial charge in [-0.05, 0) is 19.5 Å². The molecule has 0 aliphatic rings. The van der Waals surface area contributed by atoms with Gasteiger partial charge in [0.2, 0.25) is 10.0 Å². The first-order valence-corrected chi connectivity index (χ1v) is 7.37. The van der Waals surface area contributed by atoms with Crippen LogP contribution < -0.4 is 10.0 Å². The second-order valence-corrected chi connectivity index (χ2v) is 6.03.